The summed E-state index contributed by atoms with van der Waals surface area (Å²) >= 11 is 0. The number of hydrogen-bond acceptors (Lipinski definition) is 6. The number of rotatable bonds is 67. The molecule has 0 aliphatic carbocycles. The molecule has 0 amide bonds. The van der Waals surface area contributed by atoms with Crippen LogP contribution in [0.5, 0.6) is 0 Å². The minimum absolute atomic E-state index is 0.0671. The minimum atomic E-state index is -0.770. The van der Waals surface area contributed by atoms with Gasteiger partial charge in [0.1, 0.15) is 13.2 Å². The fourth-order valence-electron chi connectivity index (χ4n) is 11.2. The van der Waals surface area contributed by atoms with Crippen molar-refractivity contribution >= 4 is 17.9 Å². The maximum Gasteiger partial charge on any atom is 0.306 e. The highest BCUT2D eigenvalue weighted by molar-refractivity contribution is 5.71. The van der Waals surface area contributed by atoms with Gasteiger partial charge in [-0.25, -0.2) is 0 Å². The van der Waals surface area contributed by atoms with Crippen LogP contribution < -0.4 is 0 Å². The van der Waals surface area contributed by atoms with Gasteiger partial charge in [-0.1, -0.05) is 360 Å². The Labute approximate surface area is 488 Å². The van der Waals surface area contributed by atoms with Crippen LogP contribution in [-0.4, -0.2) is 37.2 Å². The Kier molecular flexibility index (Phi) is 66.0. The molecule has 0 spiro atoms. The SMILES string of the molecule is CCCCCC/C=C\CCCCCCCC(=O)OC(COC(=O)CCCCCCCCCCCCCCC)COC(=O)CCCCCCCCCCCCCCCCCCCCCCCCCCCCCCCCCCCC. The van der Waals surface area contributed by atoms with Crippen LogP contribution in [-0.2, 0) is 28.6 Å². The summed E-state index contributed by atoms with van der Waals surface area (Å²) in [6.45, 7) is 6.69. The van der Waals surface area contributed by atoms with E-state index in [4.69, 9.17) is 14.2 Å². The topological polar surface area (TPSA) is 78.9 Å². The van der Waals surface area contributed by atoms with Gasteiger partial charge in [0.15, 0.2) is 6.10 Å². The third-order valence-corrected chi connectivity index (χ3v) is 16.5. The summed E-state index contributed by atoms with van der Waals surface area (Å²) in [5.74, 6) is -0.846. The molecule has 0 radical (unpaired) electrons. The van der Waals surface area contributed by atoms with Crippen molar-refractivity contribution in [2.75, 3.05) is 13.2 Å². The molecule has 0 heterocycles. The van der Waals surface area contributed by atoms with E-state index in [1.165, 1.54) is 308 Å². The van der Waals surface area contributed by atoms with Crippen molar-refractivity contribution in [2.24, 2.45) is 0 Å². The minimum Gasteiger partial charge on any atom is -0.462 e. The molecule has 0 saturated heterocycles. The average molecular weight is 1100 g/mol. The van der Waals surface area contributed by atoms with Crippen molar-refractivity contribution in [1.82, 2.24) is 0 Å². The zero-order valence-corrected chi connectivity index (χ0v) is 53.2. The fourth-order valence-corrected chi connectivity index (χ4v) is 11.2. The maximum atomic E-state index is 12.9. The van der Waals surface area contributed by atoms with Gasteiger partial charge < -0.3 is 14.2 Å². The molecular weight excluding hydrogens is 961 g/mol. The first-order chi connectivity index (χ1) is 38.5. The van der Waals surface area contributed by atoms with Crippen molar-refractivity contribution < 1.29 is 28.6 Å². The molecule has 0 bridgehead atoms. The number of esters is 3. The molecule has 78 heavy (non-hydrogen) atoms. The van der Waals surface area contributed by atoms with Crippen LogP contribution >= 0.6 is 0 Å². The third-order valence-electron chi connectivity index (χ3n) is 16.5. The number of carbonyl (C=O) groups is 3. The van der Waals surface area contributed by atoms with E-state index in [0.29, 0.717) is 19.3 Å². The van der Waals surface area contributed by atoms with Gasteiger partial charge in [-0.3, -0.25) is 14.4 Å². The van der Waals surface area contributed by atoms with Crippen LogP contribution in [0.25, 0.3) is 0 Å². The van der Waals surface area contributed by atoms with Crippen LogP contribution in [0.1, 0.15) is 412 Å². The second kappa shape index (κ2) is 67.7. The van der Waals surface area contributed by atoms with E-state index >= 15 is 0 Å². The van der Waals surface area contributed by atoms with Crippen LogP contribution in [0.2, 0.25) is 0 Å². The Hall–Kier alpha value is -1.85. The van der Waals surface area contributed by atoms with E-state index in [1.807, 2.05) is 0 Å². The van der Waals surface area contributed by atoms with Gasteiger partial charge in [0.2, 0.25) is 0 Å². The molecule has 0 fully saturated rings. The summed E-state index contributed by atoms with van der Waals surface area (Å²) in [6.07, 6.45) is 81.3. The number of carbonyl (C=O) groups excluding carboxylic acids is 3. The van der Waals surface area contributed by atoms with Crippen molar-refractivity contribution in [3.05, 3.63) is 12.2 Å². The molecule has 0 aromatic carbocycles. The van der Waals surface area contributed by atoms with Gasteiger partial charge in [-0.15, -0.1) is 0 Å². The van der Waals surface area contributed by atoms with Crippen molar-refractivity contribution in [1.29, 1.82) is 0 Å². The van der Waals surface area contributed by atoms with Crippen LogP contribution in [0.3, 0.4) is 0 Å². The Morgan fingerprint density at radius 1 is 0.244 bits per heavy atom. The fraction of sp³-hybridized carbons (Fsp3) is 0.931. The summed E-state index contributed by atoms with van der Waals surface area (Å²) in [6, 6.07) is 0. The third kappa shape index (κ3) is 65.0. The van der Waals surface area contributed by atoms with Gasteiger partial charge in [0.05, 0.1) is 0 Å². The summed E-state index contributed by atoms with van der Waals surface area (Å²) in [4.78, 5) is 38.3. The number of hydrogen-bond donors (Lipinski definition) is 0. The summed E-state index contributed by atoms with van der Waals surface area (Å²) in [5.41, 5.74) is 0. The first-order valence-corrected chi connectivity index (χ1v) is 35.7. The van der Waals surface area contributed by atoms with E-state index in [1.54, 1.807) is 0 Å². The molecule has 0 aliphatic heterocycles. The van der Waals surface area contributed by atoms with Crippen molar-refractivity contribution in [2.45, 2.75) is 419 Å². The lowest BCUT2D eigenvalue weighted by Crippen LogP contribution is -2.30. The zero-order chi connectivity index (χ0) is 56.4. The second-order valence-electron chi connectivity index (χ2n) is 24.5. The van der Waals surface area contributed by atoms with Crippen LogP contribution in [0, 0.1) is 0 Å². The van der Waals surface area contributed by atoms with Gasteiger partial charge in [-0.2, -0.15) is 0 Å². The first kappa shape index (κ1) is 76.1. The predicted molar refractivity (Wildman–Crippen MR) is 340 cm³/mol. The van der Waals surface area contributed by atoms with E-state index in [-0.39, 0.29) is 31.1 Å². The summed E-state index contributed by atoms with van der Waals surface area (Å²) < 4.78 is 16.9. The number of unbranched alkanes of at least 4 members (excludes halogenated alkanes) is 54. The molecule has 6 heteroatoms. The average Bonchev–Trinajstić information content (AvgIpc) is 3.44. The van der Waals surface area contributed by atoms with Gasteiger partial charge >= 0.3 is 17.9 Å². The Bertz CT molecular complexity index is 1210. The smallest absolute Gasteiger partial charge is 0.306 e. The van der Waals surface area contributed by atoms with E-state index in [0.717, 1.165) is 64.2 Å². The van der Waals surface area contributed by atoms with Crippen LogP contribution in [0.15, 0.2) is 12.2 Å². The normalized spacial score (nSPS) is 12.0. The van der Waals surface area contributed by atoms with Crippen LogP contribution in [0.4, 0.5) is 0 Å². The Morgan fingerprint density at radius 3 is 0.654 bits per heavy atom. The monoisotopic (exact) mass is 1100 g/mol. The highest BCUT2D eigenvalue weighted by atomic mass is 16.6. The van der Waals surface area contributed by atoms with E-state index < -0.39 is 6.10 Å². The molecule has 0 aromatic heterocycles. The van der Waals surface area contributed by atoms with Gasteiger partial charge in [-0.05, 0) is 44.9 Å². The Balaban J connectivity index is 4.00. The van der Waals surface area contributed by atoms with Gasteiger partial charge in [0.25, 0.3) is 0 Å². The zero-order valence-electron chi connectivity index (χ0n) is 53.2. The molecule has 0 saturated carbocycles. The lowest BCUT2D eigenvalue weighted by atomic mass is 10.0. The first-order valence-electron chi connectivity index (χ1n) is 35.7. The molecule has 1 unspecified atom stereocenters. The summed E-state index contributed by atoms with van der Waals surface area (Å²) in [7, 11) is 0. The molecule has 6 nitrogen and oxygen atoms in total. The number of allylic oxidation sites excluding steroid dienone is 2. The van der Waals surface area contributed by atoms with Gasteiger partial charge in [0, 0.05) is 19.3 Å². The predicted octanol–water partition coefficient (Wildman–Crippen LogP) is 24.4. The molecule has 0 N–H and O–H groups in total. The molecule has 0 rings (SSSR count). The Morgan fingerprint density at radius 2 is 0.423 bits per heavy atom. The molecule has 0 aromatic rings. The van der Waals surface area contributed by atoms with Crippen molar-refractivity contribution in [3.63, 3.8) is 0 Å². The second-order valence-corrected chi connectivity index (χ2v) is 24.5. The molecule has 1 atom stereocenters. The highest BCUT2D eigenvalue weighted by Crippen LogP contribution is 2.19. The van der Waals surface area contributed by atoms with E-state index in [9.17, 15) is 14.4 Å². The maximum absolute atomic E-state index is 12.9. The standard InChI is InChI=1S/C72H138O6/c1-4-7-10-13-16-19-22-25-26-27-28-29-30-31-32-33-34-35-36-37-38-39-40-41-42-43-44-45-48-50-53-56-59-62-65-71(74)77-68-69(78-72(75)66-63-60-57-54-51-47-24-21-18-15-12-9-6-3)67-76-70(73)64-61-58-55-52-49-46-23-20-17-14-11-8-5-2/h21,24,69H,4-20,22-23,25-68H2,1-3H3/b24-21-. The molecule has 462 valence electrons. The highest BCUT2D eigenvalue weighted by Gasteiger charge is 2.19. The molecule has 0 aliphatic rings. The summed E-state index contributed by atoms with van der Waals surface area (Å²) in [5, 5.41) is 0. The molecular formula is C72H138O6. The largest absolute Gasteiger partial charge is 0.462 e. The number of ether oxygens (including phenoxy) is 3. The lowest BCUT2D eigenvalue weighted by molar-refractivity contribution is -0.167. The van der Waals surface area contributed by atoms with Crippen molar-refractivity contribution in [3.8, 4) is 0 Å². The van der Waals surface area contributed by atoms with E-state index in [2.05, 4.69) is 32.9 Å². The quantitative estimate of drug-likeness (QED) is 0.0261. The lowest BCUT2D eigenvalue weighted by Gasteiger charge is -2.18.